The summed E-state index contributed by atoms with van der Waals surface area (Å²) in [7, 11) is 0. The Morgan fingerprint density at radius 2 is 1.83 bits per heavy atom. The van der Waals surface area contributed by atoms with Gasteiger partial charge in [0.05, 0.1) is 11.0 Å². The van der Waals surface area contributed by atoms with E-state index < -0.39 is 0 Å². The van der Waals surface area contributed by atoms with E-state index in [1.807, 2.05) is 20.8 Å². The monoisotopic (exact) mass is 248 g/mol. The molecule has 2 aromatic rings. The van der Waals surface area contributed by atoms with Gasteiger partial charge < -0.3 is 20.6 Å². The first-order chi connectivity index (χ1) is 8.33. The lowest BCUT2D eigenvalue weighted by molar-refractivity contribution is 0.244. The maximum absolute atomic E-state index is 11.7. The number of urea groups is 1. The number of nitrogens with one attached hydrogen (secondary N) is 4. The predicted molar refractivity (Wildman–Crippen MR) is 70.8 cm³/mol. The van der Waals surface area contributed by atoms with Crippen molar-refractivity contribution >= 4 is 22.8 Å². The maximum atomic E-state index is 11.7. The molecule has 0 atom stereocenters. The summed E-state index contributed by atoms with van der Waals surface area (Å²) >= 11 is 0. The minimum Gasteiger partial charge on any atom is -0.333 e. The molecule has 0 saturated heterocycles. The van der Waals surface area contributed by atoms with Gasteiger partial charge in [-0.2, -0.15) is 0 Å². The molecule has 0 unspecified atom stereocenters. The lowest BCUT2D eigenvalue weighted by atomic mass is 10.1. The standard InChI is InChI=1S/C12H16N4O2/c1-12(2,3)16-11(18)13-7-4-5-8-9(6-7)15-10(17)14-8/h4-6H,1-3H3,(H2,13,16,18)(H2,14,15,17). The molecule has 0 aliphatic rings. The third kappa shape index (κ3) is 2.91. The Kier molecular flexibility index (Phi) is 2.86. The van der Waals surface area contributed by atoms with Gasteiger partial charge in [-0.3, -0.25) is 0 Å². The summed E-state index contributed by atoms with van der Waals surface area (Å²) in [6.45, 7) is 5.71. The highest BCUT2D eigenvalue weighted by Gasteiger charge is 2.13. The van der Waals surface area contributed by atoms with Crippen LogP contribution in [-0.2, 0) is 0 Å². The Labute approximate surface area is 104 Å². The molecule has 0 radical (unpaired) electrons. The Bertz CT molecular complexity index is 633. The third-order valence-electron chi connectivity index (χ3n) is 2.26. The molecule has 0 fully saturated rings. The number of fused-ring (bicyclic) bond motifs is 1. The molecule has 6 nitrogen and oxygen atoms in total. The Morgan fingerprint density at radius 3 is 2.50 bits per heavy atom. The van der Waals surface area contributed by atoms with E-state index >= 15 is 0 Å². The third-order valence-corrected chi connectivity index (χ3v) is 2.26. The molecular weight excluding hydrogens is 232 g/mol. The summed E-state index contributed by atoms with van der Waals surface area (Å²) in [5, 5.41) is 5.50. The number of hydrogen-bond acceptors (Lipinski definition) is 2. The first kappa shape index (κ1) is 12.2. The summed E-state index contributed by atoms with van der Waals surface area (Å²) < 4.78 is 0. The van der Waals surface area contributed by atoms with Gasteiger partial charge in [0.15, 0.2) is 0 Å². The molecule has 0 aliphatic carbocycles. The topological polar surface area (TPSA) is 89.8 Å². The number of aromatic nitrogens is 2. The van der Waals surface area contributed by atoms with Crippen LogP contribution in [0.1, 0.15) is 20.8 Å². The summed E-state index contributed by atoms with van der Waals surface area (Å²) in [6, 6.07) is 4.89. The minimum absolute atomic E-state index is 0.263. The van der Waals surface area contributed by atoms with Crippen LogP contribution in [0.5, 0.6) is 0 Å². The highest BCUT2D eigenvalue weighted by atomic mass is 16.2. The largest absolute Gasteiger partial charge is 0.333 e. The SMILES string of the molecule is CC(C)(C)NC(=O)Nc1ccc2[nH]c(=O)[nH]c2c1. The quantitative estimate of drug-likeness (QED) is 0.619. The minimum atomic E-state index is -0.295. The van der Waals surface area contributed by atoms with Crippen LogP contribution in [0.3, 0.4) is 0 Å². The molecule has 2 rings (SSSR count). The van der Waals surface area contributed by atoms with Crippen LogP contribution >= 0.6 is 0 Å². The predicted octanol–water partition coefficient (Wildman–Crippen LogP) is 1.78. The number of H-pyrrole nitrogens is 2. The van der Waals surface area contributed by atoms with Crippen molar-refractivity contribution in [2.75, 3.05) is 5.32 Å². The molecule has 6 heteroatoms. The van der Waals surface area contributed by atoms with Crippen molar-refractivity contribution < 1.29 is 4.79 Å². The van der Waals surface area contributed by atoms with Crippen LogP contribution in [-0.4, -0.2) is 21.5 Å². The van der Waals surface area contributed by atoms with Gasteiger partial charge in [0.25, 0.3) is 0 Å². The number of aromatic amines is 2. The van der Waals surface area contributed by atoms with Crippen molar-refractivity contribution in [1.82, 2.24) is 15.3 Å². The van der Waals surface area contributed by atoms with Crippen molar-refractivity contribution in [3.63, 3.8) is 0 Å². The number of amides is 2. The summed E-state index contributed by atoms with van der Waals surface area (Å²) in [4.78, 5) is 28.0. The van der Waals surface area contributed by atoms with Gasteiger partial charge in [-0.05, 0) is 39.0 Å². The second-order valence-corrected chi connectivity index (χ2v) is 5.17. The normalized spacial score (nSPS) is 11.5. The fourth-order valence-corrected chi connectivity index (χ4v) is 1.61. The van der Waals surface area contributed by atoms with Crippen LogP contribution in [0.15, 0.2) is 23.0 Å². The Balaban J connectivity index is 2.17. The van der Waals surface area contributed by atoms with Gasteiger partial charge in [-0.1, -0.05) is 0 Å². The highest BCUT2D eigenvalue weighted by molar-refractivity contribution is 5.92. The van der Waals surface area contributed by atoms with Gasteiger partial charge >= 0.3 is 11.7 Å². The van der Waals surface area contributed by atoms with E-state index in [0.29, 0.717) is 16.7 Å². The van der Waals surface area contributed by atoms with E-state index in [4.69, 9.17) is 0 Å². The molecule has 1 aromatic heterocycles. The first-order valence-electron chi connectivity index (χ1n) is 5.65. The maximum Gasteiger partial charge on any atom is 0.323 e. The average Bonchev–Trinajstić information content (AvgIpc) is 2.53. The summed E-state index contributed by atoms with van der Waals surface area (Å²) in [5.74, 6) is 0. The van der Waals surface area contributed by atoms with Crippen molar-refractivity contribution in [3.05, 3.63) is 28.7 Å². The van der Waals surface area contributed by atoms with Crippen LogP contribution in [0.25, 0.3) is 11.0 Å². The van der Waals surface area contributed by atoms with Crippen LogP contribution in [0.2, 0.25) is 0 Å². The zero-order valence-electron chi connectivity index (χ0n) is 10.5. The second-order valence-electron chi connectivity index (χ2n) is 5.17. The molecular formula is C12H16N4O2. The fourth-order valence-electron chi connectivity index (χ4n) is 1.61. The van der Waals surface area contributed by atoms with E-state index in [0.717, 1.165) is 0 Å². The van der Waals surface area contributed by atoms with Gasteiger partial charge in [0.2, 0.25) is 0 Å². The Morgan fingerprint density at radius 1 is 1.17 bits per heavy atom. The van der Waals surface area contributed by atoms with E-state index in [2.05, 4.69) is 20.6 Å². The number of anilines is 1. The van der Waals surface area contributed by atoms with E-state index in [9.17, 15) is 9.59 Å². The van der Waals surface area contributed by atoms with Gasteiger partial charge in [0.1, 0.15) is 0 Å². The lowest BCUT2D eigenvalue weighted by Gasteiger charge is -2.20. The number of carbonyl (C=O) groups is 1. The van der Waals surface area contributed by atoms with E-state index in [-0.39, 0.29) is 17.3 Å². The molecule has 18 heavy (non-hydrogen) atoms. The zero-order valence-corrected chi connectivity index (χ0v) is 10.5. The number of imidazole rings is 1. The Hall–Kier alpha value is -2.24. The fraction of sp³-hybridized carbons (Fsp3) is 0.333. The molecule has 1 aromatic carbocycles. The lowest BCUT2D eigenvalue weighted by Crippen LogP contribution is -2.43. The molecule has 0 bridgehead atoms. The number of hydrogen-bond donors (Lipinski definition) is 4. The van der Waals surface area contributed by atoms with Crippen molar-refractivity contribution in [2.45, 2.75) is 26.3 Å². The number of carbonyl (C=O) groups excluding carboxylic acids is 1. The first-order valence-corrected chi connectivity index (χ1v) is 5.65. The summed E-state index contributed by atoms with van der Waals surface area (Å²) in [5.41, 5.74) is 1.44. The van der Waals surface area contributed by atoms with Crippen molar-refractivity contribution in [3.8, 4) is 0 Å². The highest BCUT2D eigenvalue weighted by Crippen LogP contribution is 2.14. The molecule has 96 valence electrons. The number of rotatable bonds is 1. The van der Waals surface area contributed by atoms with Gasteiger partial charge in [-0.15, -0.1) is 0 Å². The smallest absolute Gasteiger partial charge is 0.323 e. The molecule has 4 N–H and O–H groups in total. The van der Waals surface area contributed by atoms with Gasteiger partial charge in [-0.25, -0.2) is 9.59 Å². The van der Waals surface area contributed by atoms with Crippen LogP contribution in [0, 0.1) is 0 Å². The second kappa shape index (κ2) is 4.21. The van der Waals surface area contributed by atoms with E-state index in [1.165, 1.54) is 0 Å². The van der Waals surface area contributed by atoms with E-state index in [1.54, 1.807) is 18.2 Å². The molecule has 1 heterocycles. The van der Waals surface area contributed by atoms with Crippen molar-refractivity contribution in [1.29, 1.82) is 0 Å². The van der Waals surface area contributed by atoms with Crippen molar-refractivity contribution in [2.24, 2.45) is 0 Å². The molecule has 0 spiro atoms. The van der Waals surface area contributed by atoms with Crippen LogP contribution in [0.4, 0.5) is 10.5 Å². The molecule has 0 saturated carbocycles. The van der Waals surface area contributed by atoms with Gasteiger partial charge in [0, 0.05) is 11.2 Å². The average molecular weight is 248 g/mol. The summed E-state index contributed by atoms with van der Waals surface area (Å²) in [6.07, 6.45) is 0. The number of benzene rings is 1. The van der Waals surface area contributed by atoms with Crippen LogP contribution < -0.4 is 16.3 Å². The molecule has 2 amide bonds. The zero-order chi connectivity index (χ0) is 13.3. The molecule has 0 aliphatic heterocycles.